The van der Waals surface area contributed by atoms with Gasteiger partial charge in [0.25, 0.3) is 0 Å². The summed E-state index contributed by atoms with van der Waals surface area (Å²) >= 11 is 2.80. The first-order valence-electron chi connectivity index (χ1n) is 3.09. The van der Waals surface area contributed by atoms with E-state index in [1.54, 1.807) is 0 Å². The predicted molar refractivity (Wildman–Crippen MR) is 41.7 cm³/mol. The number of aromatic nitrogens is 1. The van der Waals surface area contributed by atoms with Crippen molar-refractivity contribution in [1.29, 1.82) is 5.26 Å². The highest BCUT2D eigenvalue weighted by atomic mass is 79.9. The maximum absolute atomic E-state index is 12.2. The van der Waals surface area contributed by atoms with Gasteiger partial charge in [-0.05, 0) is 28.1 Å². The van der Waals surface area contributed by atoms with E-state index in [4.69, 9.17) is 5.26 Å². The average Bonchev–Trinajstić information content (AvgIpc) is 2.03. The van der Waals surface area contributed by atoms with E-state index >= 15 is 0 Å². The Balaban J connectivity index is 3.35. The molecule has 0 saturated heterocycles. The molecule has 0 amide bonds. The smallest absolute Gasteiger partial charge is 0.235 e. The summed E-state index contributed by atoms with van der Waals surface area (Å²) in [6.07, 6.45) is -4.59. The molecule has 0 aliphatic heterocycles. The number of alkyl halides is 3. The SMILES string of the molecule is N#Cc1ccc(Br)nc1C(F)(F)F. The zero-order chi connectivity index (χ0) is 10.1. The fourth-order valence-corrected chi connectivity index (χ4v) is 1.05. The first-order valence-corrected chi connectivity index (χ1v) is 3.88. The van der Waals surface area contributed by atoms with E-state index in [-0.39, 0.29) is 4.60 Å². The lowest BCUT2D eigenvalue weighted by molar-refractivity contribution is -0.141. The summed E-state index contributed by atoms with van der Waals surface area (Å²) in [6.45, 7) is 0. The Bertz CT molecular complexity index is 367. The molecule has 0 aliphatic carbocycles. The van der Waals surface area contributed by atoms with Crippen molar-refractivity contribution in [3.05, 3.63) is 28.0 Å². The second-order valence-electron chi connectivity index (χ2n) is 2.14. The van der Waals surface area contributed by atoms with E-state index < -0.39 is 17.4 Å². The van der Waals surface area contributed by atoms with Gasteiger partial charge in [-0.2, -0.15) is 18.4 Å². The Morgan fingerprint density at radius 2 is 2.00 bits per heavy atom. The van der Waals surface area contributed by atoms with Crippen LogP contribution in [0.5, 0.6) is 0 Å². The van der Waals surface area contributed by atoms with Crippen LogP contribution in [0, 0.1) is 11.3 Å². The summed E-state index contributed by atoms with van der Waals surface area (Å²) < 4.78 is 36.6. The fourth-order valence-electron chi connectivity index (χ4n) is 0.742. The molecule has 0 N–H and O–H groups in total. The van der Waals surface area contributed by atoms with Crippen LogP contribution in [0.15, 0.2) is 16.7 Å². The van der Waals surface area contributed by atoms with Gasteiger partial charge in [0.15, 0.2) is 5.69 Å². The van der Waals surface area contributed by atoms with Crippen LogP contribution in [0.4, 0.5) is 13.2 Å². The lowest BCUT2D eigenvalue weighted by Gasteiger charge is -2.06. The highest BCUT2D eigenvalue weighted by molar-refractivity contribution is 9.10. The van der Waals surface area contributed by atoms with Gasteiger partial charge in [-0.1, -0.05) is 0 Å². The van der Waals surface area contributed by atoms with Crippen molar-refractivity contribution >= 4 is 15.9 Å². The number of hydrogen-bond donors (Lipinski definition) is 0. The molecule has 0 aromatic carbocycles. The van der Waals surface area contributed by atoms with Crippen molar-refractivity contribution in [1.82, 2.24) is 4.98 Å². The monoisotopic (exact) mass is 250 g/mol. The van der Waals surface area contributed by atoms with Gasteiger partial charge in [-0.25, -0.2) is 4.98 Å². The lowest BCUT2D eigenvalue weighted by Crippen LogP contribution is -2.10. The second-order valence-corrected chi connectivity index (χ2v) is 2.95. The molecule has 1 rings (SSSR count). The highest BCUT2D eigenvalue weighted by Gasteiger charge is 2.35. The minimum absolute atomic E-state index is 0.0545. The third-order valence-corrected chi connectivity index (χ3v) is 1.69. The molecule has 0 aliphatic rings. The third kappa shape index (κ3) is 2.18. The molecule has 1 aromatic rings. The summed E-state index contributed by atoms with van der Waals surface area (Å²) in [5.74, 6) is 0. The zero-order valence-corrected chi connectivity index (χ0v) is 7.65. The van der Waals surface area contributed by atoms with Crippen molar-refractivity contribution in [2.75, 3.05) is 0 Å². The number of nitriles is 1. The van der Waals surface area contributed by atoms with Crippen LogP contribution >= 0.6 is 15.9 Å². The number of rotatable bonds is 0. The first-order chi connectivity index (χ1) is 5.95. The number of halogens is 4. The van der Waals surface area contributed by atoms with Crippen LogP contribution in [-0.4, -0.2) is 4.98 Å². The molecule has 0 saturated carbocycles. The first kappa shape index (κ1) is 9.99. The van der Waals surface area contributed by atoms with Gasteiger partial charge < -0.3 is 0 Å². The Kier molecular flexibility index (Phi) is 2.57. The Morgan fingerprint density at radius 1 is 1.38 bits per heavy atom. The van der Waals surface area contributed by atoms with E-state index in [1.165, 1.54) is 12.1 Å². The summed E-state index contributed by atoms with van der Waals surface area (Å²) in [4.78, 5) is 3.18. The molecule has 0 fully saturated rings. The van der Waals surface area contributed by atoms with E-state index in [0.29, 0.717) is 0 Å². The van der Waals surface area contributed by atoms with Gasteiger partial charge in [0.2, 0.25) is 0 Å². The van der Waals surface area contributed by atoms with Crippen LogP contribution in [-0.2, 0) is 6.18 Å². The van der Waals surface area contributed by atoms with E-state index in [9.17, 15) is 13.2 Å². The molecule has 0 atom stereocenters. The molecule has 0 spiro atoms. The molecular formula is C7H2BrF3N2. The van der Waals surface area contributed by atoms with Gasteiger partial charge in [-0.15, -0.1) is 0 Å². The van der Waals surface area contributed by atoms with Gasteiger partial charge >= 0.3 is 6.18 Å². The third-order valence-electron chi connectivity index (χ3n) is 1.25. The molecule has 1 aromatic heterocycles. The Labute approximate surface area is 80.1 Å². The molecule has 6 heteroatoms. The maximum Gasteiger partial charge on any atom is 0.434 e. The molecule has 2 nitrogen and oxygen atoms in total. The van der Waals surface area contributed by atoms with Crippen molar-refractivity contribution in [2.45, 2.75) is 6.18 Å². The van der Waals surface area contributed by atoms with Gasteiger partial charge in [0.05, 0.1) is 5.56 Å². The van der Waals surface area contributed by atoms with Gasteiger partial charge in [0.1, 0.15) is 10.7 Å². The summed E-state index contributed by atoms with van der Waals surface area (Å²) in [5, 5.41) is 8.37. The maximum atomic E-state index is 12.2. The lowest BCUT2D eigenvalue weighted by atomic mass is 10.2. The van der Waals surface area contributed by atoms with Crippen LogP contribution in [0.3, 0.4) is 0 Å². The van der Waals surface area contributed by atoms with E-state index in [1.807, 2.05) is 0 Å². The molecule has 68 valence electrons. The van der Waals surface area contributed by atoms with Crippen molar-refractivity contribution in [3.8, 4) is 6.07 Å². The highest BCUT2D eigenvalue weighted by Crippen LogP contribution is 2.30. The fraction of sp³-hybridized carbons (Fsp3) is 0.143. The summed E-state index contributed by atoms with van der Waals surface area (Å²) in [5.41, 5.74) is -1.64. The molecular weight excluding hydrogens is 249 g/mol. The quantitative estimate of drug-likeness (QED) is 0.664. The van der Waals surface area contributed by atoms with Crippen molar-refractivity contribution in [2.24, 2.45) is 0 Å². The second kappa shape index (κ2) is 3.34. The van der Waals surface area contributed by atoms with Crippen LogP contribution in [0.1, 0.15) is 11.3 Å². The summed E-state index contributed by atoms with van der Waals surface area (Å²) in [6, 6.07) is 3.78. The molecule has 13 heavy (non-hydrogen) atoms. The largest absolute Gasteiger partial charge is 0.434 e. The molecule has 1 heterocycles. The number of nitrogens with zero attached hydrogens (tertiary/aromatic N) is 2. The minimum Gasteiger partial charge on any atom is -0.235 e. The van der Waals surface area contributed by atoms with Crippen molar-refractivity contribution in [3.63, 3.8) is 0 Å². The molecule has 0 unspecified atom stereocenters. The van der Waals surface area contributed by atoms with Gasteiger partial charge in [-0.3, -0.25) is 0 Å². The molecule has 0 bridgehead atoms. The van der Waals surface area contributed by atoms with E-state index in [2.05, 4.69) is 20.9 Å². The Morgan fingerprint density at radius 3 is 2.46 bits per heavy atom. The normalized spacial score (nSPS) is 11.0. The predicted octanol–water partition coefficient (Wildman–Crippen LogP) is 2.73. The summed E-state index contributed by atoms with van der Waals surface area (Å²) in [7, 11) is 0. The van der Waals surface area contributed by atoms with Crippen molar-refractivity contribution < 1.29 is 13.2 Å². The number of pyridine rings is 1. The van der Waals surface area contributed by atoms with E-state index in [0.717, 1.165) is 6.07 Å². The van der Waals surface area contributed by atoms with Gasteiger partial charge in [0, 0.05) is 0 Å². The van der Waals surface area contributed by atoms with Crippen LogP contribution < -0.4 is 0 Å². The zero-order valence-electron chi connectivity index (χ0n) is 6.06. The van der Waals surface area contributed by atoms with Crippen LogP contribution in [0.25, 0.3) is 0 Å². The van der Waals surface area contributed by atoms with Crippen LogP contribution in [0.2, 0.25) is 0 Å². The topological polar surface area (TPSA) is 36.7 Å². The minimum atomic E-state index is -4.59. The number of hydrogen-bond acceptors (Lipinski definition) is 2. The molecule has 0 radical (unpaired) electrons. The Hall–Kier alpha value is -1.09. The average molecular weight is 251 g/mol. The standard InChI is InChI=1S/C7H2BrF3N2/c8-5-2-1-4(3-12)6(13-5)7(9,10)11/h1-2H.